The van der Waals surface area contributed by atoms with Crippen molar-refractivity contribution in [2.75, 3.05) is 13.2 Å². The van der Waals surface area contributed by atoms with E-state index in [1.54, 1.807) is 0 Å². The third-order valence-corrected chi connectivity index (χ3v) is 5.16. The lowest BCUT2D eigenvalue weighted by molar-refractivity contribution is 0.0331. The minimum atomic E-state index is 0.349. The maximum absolute atomic E-state index is 9.05. The number of aliphatic hydroxyl groups excluding tert-OH is 1. The van der Waals surface area contributed by atoms with Crippen LogP contribution in [0.3, 0.4) is 0 Å². The molecule has 0 aromatic rings. The molecule has 17 heavy (non-hydrogen) atoms. The lowest BCUT2D eigenvalue weighted by atomic mass is 9.77. The van der Waals surface area contributed by atoms with Gasteiger partial charge in [0, 0.05) is 25.2 Å². The van der Waals surface area contributed by atoms with E-state index in [1.807, 2.05) is 0 Å². The van der Waals surface area contributed by atoms with Gasteiger partial charge in [-0.3, -0.25) is 4.90 Å². The molecule has 3 unspecified atom stereocenters. The monoisotopic (exact) mass is 239 g/mol. The van der Waals surface area contributed by atoms with E-state index >= 15 is 0 Å². The first-order valence-electron chi connectivity index (χ1n) is 7.59. The predicted molar refractivity (Wildman–Crippen MR) is 72.0 cm³/mol. The van der Waals surface area contributed by atoms with Gasteiger partial charge >= 0.3 is 0 Å². The normalized spacial score (nSPS) is 34.9. The summed E-state index contributed by atoms with van der Waals surface area (Å²) in [7, 11) is 0. The fourth-order valence-electron chi connectivity index (χ4n) is 3.46. The molecule has 0 heterocycles. The molecule has 1 N–H and O–H groups in total. The average molecular weight is 239 g/mol. The quantitative estimate of drug-likeness (QED) is 0.797. The number of hydrogen-bond donors (Lipinski definition) is 1. The first-order chi connectivity index (χ1) is 8.22. The Labute approximate surface area is 106 Å². The number of nitrogens with zero attached hydrogens (tertiary/aromatic N) is 1. The van der Waals surface area contributed by atoms with Crippen molar-refractivity contribution in [1.82, 2.24) is 4.90 Å². The van der Waals surface area contributed by atoms with Crippen LogP contribution in [0.25, 0.3) is 0 Å². The van der Waals surface area contributed by atoms with E-state index in [1.165, 1.54) is 38.5 Å². The molecule has 2 saturated carbocycles. The van der Waals surface area contributed by atoms with Crippen LogP contribution in [0.2, 0.25) is 0 Å². The Morgan fingerprint density at radius 2 is 1.76 bits per heavy atom. The fraction of sp³-hybridized carbons (Fsp3) is 1.00. The van der Waals surface area contributed by atoms with Crippen LogP contribution in [-0.2, 0) is 0 Å². The Hall–Kier alpha value is -0.0800. The topological polar surface area (TPSA) is 23.5 Å². The van der Waals surface area contributed by atoms with E-state index in [0.717, 1.165) is 36.9 Å². The Kier molecular flexibility index (Phi) is 4.87. The molecule has 2 rings (SSSR count). The smallest absolute Gasteiger partial charge is 0.0443 e. The van der Waals surface area contributed by atoms with E-state index < -0.39 is 0 Å². The highest BCUT2D eigenvalue weighted by molar-refractivity contribution is 4.88. The lowest BCUT2D eigenvalue weighted by Crippen LogP contribution is -2.49. The van der Waals surface area contributed by atoms with Crippen LogP contribution in [0.5, 0.6) is 0 Å². The van der Waals surface area contributed by atoms with Crippen molar-refractivity contribution in [2.24, 2.45) is 11.8 Å². The van der Waals surface area contributed by atoms with Crippen LogP contribution in [0.1, 0.15) is 58.8 Å². The molecule has 0 bridgehead atoms. The van der Waals surface area contributed by atoms with Crippen LogP contribution in [0.15, 0.2) is 0 Å². The van der Waals surface area contributed by atoms with Crippen molar-refractivity contribution in [1.29, 1.82) is 0 Å². The number of hydrogen-bond acceptors (Lipinski definition) is 2. The van der Waals surface area contributed by atoms with Crippen molar-refractivity contribution < 1.29 is 5.11 Å². The summed E-state index contributed by atoms with van der Waals surface area (Å²) in [6, 6.07) is 1.64. The molecule has 0 aromatic carbocycles. The second kappa shape index (κ2) is 6.19. The van der Waals surface area contributed by atoms with E-state index in [-0.39, 0.29) is 0 Å². The third kappa shape index (κ3) is 3.23. The predicted octanol–water partition coefficient (Wildman–Crippen LogP) is 3.05. The van der Waals surface area contributed by atoms with Gasteiger partial charge in [-0.15, -0.1) is 0 Å². The second-order valence-electron chi connectivity index (χ2n) is 6.32. The second-order valence-corrected chi connectivity index (χ2v) is 6.32. The van der Waals surface area contributed by atoms with Crippen molar-refractivity contribution in [3.8, 4) is 0 Å². The third-order valence-electron chi connectivity index (χ3n) is 5.16. The van der Waals surface area contributed by atoms with Crippen molar-refractivity contribution in [2.45, 2.75) is 70.9 Å². The molecule has 3 atom stereocenters. The Bertz CT molecular complexity index is 227. The molecule has 2 heteroatoms. The molecular weight excluding hydrogens is 210 g/mol. The molecular formula is C15H29NO. The Balaban J connectivity index is 1.90. The van der Waals surface area contributed by atoms with Crippen LogP contribution in [-0.4, -0.2) is 35.2 Å². The highest BCUT2D eigenvalue weighted by Crippen LogP contribution is 2.36. The standard InChI is InChI=1S/C15H29NO/c1-12-7-8-15(11-13(12)2)16(9-4-10-17)14-5-3-6-14/h12-15,17H,3-11H2,1-2H3. The van der Waals surface area contributed by atoms with Gasteiger partial charge in [-0.25, -0.2) is 0 Å². The van der Waals surface area contributed by atoms with Crippen LogP contribution in [0, 0.1) is 11.8 Å². The minimum Gasteiger partial charge on any atom is -0.396 e. The first kappa shape index (κ1) is 13.4. The van der Waals surface area contributed by atoms with Gasteiger partial charge in [0.2, 0.25) is 0 Å². The summed E-state index contributed by atoms with van der Waals surface area (Å²) < 4.78 is 0. The minimum absolute atomic E-state index is 0.349. The lowest BCUT2D eigenvalue weighted by Gasteiger charge is -2.46. The van der Waals surface area contributed by atoms with Gasteiger partial charge in [0.05, 0.1) is 0 Å². The number of rotatable bonds is 5. The summed E-state index contributed by atoms with van der Waals surface area (Å²) >= 11 is 0. The van der Waals surface area contributed by atoms with E-state index in [2.05, 4.69) is 18.7 Å². The molecule has 2 nitrogen and oxygen atoms in total. The maximum Gasteiger partial charge on any atom is 0.0443 e. The summed E-state index contributed by atoms with van der Waals surface area (Å²) in [4.78, 5) is 2.74. The summed E-state index contributed by atoms with van der Waals surface area (Å²) in [5.74, 6) is 1.79. The zero-order valence-corrected chi connectivity index (χ0v) is 11.6. The molecule has 100 valence electrons. The molecule has 0 amide bonds. The molecule has 0 radical (unpaired) electrons. The van der Waals surface area contributed by atoms with Crippen LogP contribution in [0.4, 0.5) is 0 Å². The first-order valence-corrected chi connectivity index (χ1v) is 7.59. The molecule has 2 fully saturated rings. The Morgan fingerprint density at radius 1 is 1.00 bits per heavy atom. The van der Waals surface area contributed by atoms with Crippen LogP contribution >= 0.6 is 0 Å². The molecule has 0 spiro atoms. The van der Waals surface area contributed by atoms with E-state index in [9.17, 15) is 0 Å². The fourth-order valence-corrected chi connectivity index (χ4v) is 3.46. The maximum atomic E-state index is 9.05. The van der Waals surface area contributed by atoms with E-state index in [4.69, 9.17) is 5.11 Å². The largest absolute Gasteiger partial charge is 0.396 e. The SMILES string of the molecule is CC1CCC(N(CCCO)C2CCC2)CC1C. The van der Waals surface area contributed by atoms with Crippen molar-refractivity contribution in [3.05, 3.63) is 0 Å². The molecule has 2 aliphatic rings. The summed E-state index contributed by atoms with van der Waals surface area (Å²) in [5.41, 5.74) is 0. The highest BCUT2D eigenvalue weighted by Gasteiger charge is 2.34. The average Bonchev–Trinajstić information content (AvgIpc) is 2.25. The van der Waals surface area contributed by atoms with Crippen molar-refractivity contribution in [3.63, 3.8) is 0 Å². The Morgan fingerprint density at radius 3 is 2.29 bits per heavy atom. The van der Waals surface area contributed by atoms with Gasteiger partial charge in [0.15, 0.2) is 0 Å². The molecule has 0 saturated heterocycles. The zero-order valence-electron chi connectivity index (χ0n) is 11.6. The van der Waals surface area contributed by atoms with Crippen LogP contribution < -0.4 is 0 Å². The van der Waals surface area contributed by atoms with Gasteiger partial charge in [-0.05, 0) is 50.4 Å². The van der Waals surface area contributed by atoms with Gasteiger partial charge in [0.25, 0.3) is 0 Å². The van der Waals surface area contributed by atoms with Gasteiger partial charge in [-0.2, -0.15) is 0 Å². The van der Waals surface area contributed by atoms with Gasteiger partial charge < -0.3 is 5.11 Å². The van der Waals surface area contributed by atoms with Crippen molar-refractivity contribution >= 4 is 0 Å². The zero-order chi connectivity index (χ0) is 12.3. The molecule has 0 aliphatic heterocycles. The summed E-state index contributed by atoms with van der Waals surface area (Å²) in [5, 5.41) is 9.05. The van der Waals surface area contributed by atoms with E-state index in [0.29, 0.717) is 6.61 Å². The molecule has 2 aliphatic carbocycles. The van der Waals surface area contributed by atoms with Gasteiger partial charge in [0.1, 0.15) is 0 Å². The highest BCUT2D eigenvalue weighted by atomic mass is 16.3. The van der Waals surface area contributed by atoms with Gasteiger partial charge in [-0.1, -0.05) is 20.3 Å². The molecule has 0 aromatic heterocycles. The summed E-state index contributed by atoms with van der Waals surface area (Å²) in [6.45, 7) is 6.29. The number of aliphatic hydroxyl groups is 1. The summed E-state index contributed by atoms with van der Waals surface area (Å²) in [6.07, 6.45) is 9.32.